The van der Waals surface area contributed by atoms with Crippen LogP contribution in [-0.4, -0.2) is 39.7 Å². The lowest BCUT2D eigenvalue weighted by Gasteiger charge is -2.44. The van der Waals surface area contributed by atoms with Crippen molar-refractivity contribution in [3.63, 3.8) is 0 Å². The molecular weight excluding hydrogens is 356 g/mol. The number of ketones is 1. The predicted octanol–water partition coefficient (Wildman–Crippen LogP) is 2.89. The molecular formula is C22H28O4Si. The molecule has 1 heterocycles. The van der Waals surface area contributed by atoms with Gasteiger partial charge >= 0.3 is 0 Å². The highest BCUT2D eigenvalue weighted by Crippen LogP contribution is 2.37. The molecule has 0 unspecified atom stereocenters. The standard InChI is InChI=1S/C22H28O4Si/c1-17-24-15-20(23)21(26-17)16-25-27(22(2,3)4,18-11-7-5-8-12-18)19-13-9-6-10-14-19/h5-14,17,21H,15-16H2,1-4H3/t17-,21+/m1/s1. The first-order chi connectivity index (χ1) is 12.8. The van der Waals surface area contributed by atoms with E-state index in [-0.39, 0.29) is 24.0 Å². The van der Waals surface area contributed by atoms with Crippen molar-refractivity contribution in [1.82, 2.24) is 0 Å². The topological polar surface area (TPSA) is 44.8 Å². The SMILES string of the molecule is C[C@@H]1OCC(=O)[C@H](CO[Si](c2ccccc2)(c2ccccc2)C(C)(C)C)O1. The molecule has 0 bridgehead atoms. The summed E-state index contributed by atoms with van der Waals surface area (Å²) in [6.07, 6.45) is -0.981. The maximum atomic E-state index is 12.3. The van der Waals surface area contributed by atoms with Crippen LogP contribution >= 0.6 is 0 Å². The zero-order valence-electron chi connectivity index (χ0n) is 16.5. The minimum atomic E-state index is -2.66. The summed E-state index contributed by atoms with van der Waals surface area (Å²) in [6, 6.07) is 20.8. The summed E-state index contributed by atoms with van der Waals surface area (Å²) in [5, 5.41) is 2.25. The first-order valence-electron chi connectivity index (χ1n) is 9.39. The van der Waals surface area contributed by atoms with Crippen LogP contribution in [0.2, 0.25) is 5.04 Å². The molecule has 1 aliphatic rings. The molecule has 1 saturated heterocycles. The highest BCUT2D eigenvalue weighted by atomic mass is 28.4. The monoisotopic (exact) mass is 384 g/mol. The lowest BCUT2D eigenvalue weighted by molar-refractivity contribution is -0.206. The molecule has 5 heteroatoms. The third-order valence-electron chi connectivity index (χ3n) is 5.04. The fourth-order valence-corrected chi connectivity index (χ4v) is 8.29. The van der Waals surface area contributed by atoms with Crippen molar-refractivity contribution in [2.45, 2.75) is 45.1 Å². The van der Waals surface area contributed by atoms with Crippen molar-refractivity contribution in [2.24, 2.45) is 0 Å². The van der Waals surface area contributed by atoms with Gasteiger partial charge in [0.2, 0.25) is 0 Å². The quantitative estimate of drug-likeness (QED) is 0.744. The molecule has 0 aromatic heterocycles. The second-order valence-electron chi connectivity index (χ2n) is 7.94. The third kappa shape index (κ3) is 4.06. The molecule has 144 valence electrons. The van der Waals surface area contributed by atoms with Gasteiger partial charge in [-0.1, -0.05) is 81.4 Å². The van der Waals surface area contributed by atoms with Crippen molar-refractivity contribution in [1.29, 1.82) is 0 Å². The van der Waals surface area contributed by atoms with Gasteiger partial charge in [-0.3, -0.25) is 4.79 Å². The third-order valence-corrected chi connectivity index (χ3v) is 10.0. The van der Waals surface area contributed by atoms with Gasteiger partial charge in [0.25, 0.3) is 8.32 Å². The Morgan fingerprint density at radius 2 is 1.52 bits per heavy atom. The second-order valence-corrected chi connectivity index (χ2v) is 12.2. The highest BCUT2D eigenvalue weighted by molar-refractivity contribution is 6.99. The van der Waals surface area contributed by atoms with E-state index in [0.29, 0.717) is 0 Å². The van der Waals surface area contributed by atoms with Gasteiger partial charge in [0, 0.05) is 0 Å². The molecule has 2 aromatic rings. The fraction of sp³-hybridized carbons (Fsp3) is 0.409. The van der Waals surface area contributed by atoms with Crippen LogP contribution in [0.5, 0.6) is 0 Å². The first-order valence-corrected chi connectivity index (χ1v) is 11.3. The number of carbonyl (C=O) groups is 1. The molecule has 0 aliphatic carbocycles. The summed E-state index contributed by atoms with van der Waals surface area (Å²) in [4.78, 5) is 12.3. The minimum Gasteiger partial charge on any atom is -0.404 e. The number of hydrogen-bond donors (Lipinski definition) is 0. The van der Waals surface area contributed by atoms with E-state index in [1.807, 2.05) is 43.3 Å². The predicted molar refractivity (Wildman–Crippen MR) is 109 cm³/mol. The Hall–Kier alpha value is -1.79. The normalized spacial score (nSPS) is 21.3. The Bertz CT molecular complexity index is 715. The van der Waals surface area contributed by atoms with Crippen molar-refractivity contribution in [3.05, 3.63) is 60.7 Å². The second kappa shape index (κ2) is 8.06. The van der Waals surface area contributed by atoms with Gasteiger partial charge in [0.1, 0.15) is 12.7 Å². The Labute approximate surface area is 162 Å². The molecule has 2 atom stereocenters. The zero-order chi connectivity index (χ0) is 19.5. The molecule has 1 aliphatic heterocycles. The van der Waals surface area contributed by atoms with E-state index in [1.54, 1.807) is 0 Å². The van der Waals surface area contributed by atoms with Crippen molar-refractivity contribution >= 4 is 24.5 Å². The van der Waals surface area contributed by atoms with E-state index in [4.69, 9.17) is 13.9 Å². The van der Waals surface area contributed by atoms with E-state index in [2.05, 4.69) is 45.0 Å². The van der Waals surface area contributed by atoms with E-state index >= 15 is 0 Å². The highest BCUT2D eigenvalue weighted by Gasteiger charge is 2.50. The molecule has 0 amide bonds. The van der Waals surface area contributed by atoms with Crippen LogP contribution in [0, 0.1) is 0 Å². The number of Topliss-reactive ketones (excluding diaryl/α,β-unsaturated/α-hetero) is 1. The van der Waals surface area contributed by atoms with E-state index in [9.17, 15) is 4.79 Å². The Morgan fingerprint density at radius 1 is 1.00 bits per heavy atom. The van der Waals surface area contributed by atoms with Crippen molar-refractivity contribution < 1.29 is 18.7 Å². The molecule has 0 N–H and O–H groups in total. The molecule has 0 radical (unpaired) electrons. The van der Waals surface area contributed by atoms with Crippen molar-refractivity contribution in [2.75, 3.05) is 13.2 Å². The first kappa shape index (κ1) is 20.0. The van der Waals surface area contributed by atoms with Gasteiger partial charge in [0.05, 0.1) is 6.61 Å². The largest absolute Gasteiger partial charge is 0.404 e. The Balaban J connectivity index is 2.03. The van der Waals surface area contributed by atoms with Gasteiger partial charge in [-0.2, -0.15) is 0 Å². The summed E-state index contributed by atoms with van der Waals surface area (Å²) in [5.74, 6) is -0.0639. The molecule has 1 fully saturated rings. The lowest BCUT2D eigenvalue weighted by Crippen LogP contribution is -2.67. The maximum absolute atomic E-state index is 12.3. The van der Waals surface area contributed by atoms with Crippen LogP contribution < -0.4 is 10.4 Å². The van der Waals surface area contributed by atoms with E-state index in [1.165, 1.54) is 10.4 Å². The summed E-state index contributed by atoms with van der Waals surface area (Å²) in [5.41, 5.74) is 0. The average Bonchev–Trinajstić information content (AvgIpc) is 2.65. The smallest absolute Gasteiger partial charge is 0.261 e. The molecule has 4 nitrogen and oxygen atoms in total. The molecule has 2 aromatic carbocycles. The van der Waals surface area contributed by atoms with Gasteiger partial charge in [0.15, 0.2) is 12.1 Å². The van der Waals surface area contributed by atoms with E-state index < -0.39 is 20.7 Å². The lowest BCUT2D eigenvalue weighted by atomic mass is 10.2. The molecule has 0 spiro atoms. The maximum Gasteiger partial charge on any atom is 0.261 e. The van der Waals surface area contributed by atoms with E-state index in [0.717, 1.165) is 0 Å². The van der Waals surface area contributed by atoms with Gasteiger partial charge in [-0.05, 0) is 22.3 Å². The Kier molecular flexibility index (Phi) is 5.96. The van der Waals surface area contributed by atoms with Crippen LogP contribution in [-0.2, 0) is 18.7 Å². The van der Waals surface area contributed by atoms with Crippen LogP contribution in [0.3, 0.4) is 0 Å². The average molecular weight is 385 g/mol. The summed E-state index contributed by atoms with van der Waals surface area (Å²) >= 11 is 0. The zero-order valence-corrected chi connectivity index (χ0v) is 17.5. The summed E-state index contributed by atoms with van der Waals surface area (Å²) < 4.78 is 17.7. The van der Waals surface area contributed by atoms with Crippen LogP contribution in [0.25, 0.3) is 0 Å². The van der Waals surface area contributed by atoms with Crippen molar-refractivity contribution in [3.8, 4) is 0 Å². The van der Waals surface area contributed by atoms with Crippen LogP contribution in [0.1, 0.15) is 27.7 Å². The van der Waals surface area contributed by atoms with Gasteiger partial charge in [-0.25, -0.2) is 0 Å². The number of carbonyl (C=O) groups excluding carboxylic acids is 1. The molecule has 3 rings (SSSR count). The fourth-order valence-electron chi connectivity index (χ4n) is 3.73. The molecule has 27 heavy (non-hydrogen) atoms. The number of benzene rings is 2. The summed E-state index contributed by atoms with van der Waals surface area (Å²) in [7, 11) is -2.66. The Morgan fingerprint density at radius 3 is 2.00 bits per heavy atom. The van der Waals surface area contributed by atoms with Crippen LogP contribution in [0.4, 0.5) is 0 Å². The van der Waals surface area contributed by atoms with Crippen LogP contribution in [0.15, 0.2) is 60.7 Å². The molecule has 0 saturated carbocycles. The minimum absolute atomic E-state index is 0.0639. The number of rotatable bonds is 5. The number of ether oxygens (including phenoxy) is 2. The van der Waals surface area contributed by atoms with Gasteiger partial charge < -0.3 is 13.9 Å². The van der Waals surface area contributed by atoms with Gasteiger partial charge in [-0.15, -0.1) is 0 Å². The number of hydrogen-bond acceptors (Lipinski definition) is 4. The summed E-state index contributed by atoms with van der Waals surface area (Å²) in [6.45, 7) is 8.77.